The van der Waals surface area contributed by atoms with Gasteiger partial charge in [-0.3, -0.25) is 19.8 Å². The number of primary amides is 1. The molecule has 1 aromatic carbocycles. The zero-order valence-electron chi connectivity index (χ0n) is 10.3. The summed E-state index contributed by atoms with van der Waals surface area (Å²) in [4.78, 5) is 22.9. The van der Waals surface area contributed by atoms with Gasteiger partial charge in [-0.25, -0.2) is 0 Å². The summed E-state index contributed by atoms with van der Waals surface area (Å²) in [6.07, 6.45) is 0. The largest absolute Gasteiger partial charge is 0.382 e. The number of benzene rings is 1. The predicted molar refractivity (Wildman–Crippen MR) is 68.2 cm³/mol. The van der Waals surface area contributed by atoms with E-state index in [0.717, 1.165) is 5.56 Å². The van der Waals surface area contributed by atoms with Crippen LogP contribution in [0.1, 0.15) is 5.56 Å². The lowest BCUT2D eigenvalue weighted by atomic mass is 10.1. The Hall–Kier alpha value is -2.15. The quantitative estimate of drug-likeness (QED) is 0.568. The van der Waals surface area contributed by atoms with E-state index >= 15 is 0 Å². The smallest absolute Gasteiger partial charge is 0.292 e. The van der Waals surface area contributed by atoms with Gasteiger partial charge in [0.2, 0.25) is 5.91 Å². The lowest BCUT2D eigenvalue weighted by molar-refractivity contribution is -0.384. The van der Waals surface area contributed by atoms with Crippen LogP contribution in [0.5, 0.6) is 0 Å². The number of hydrogen-bond donors (Lipinski definition) is 2. The van der Waals surface area contributed by atoms with E-state index in [1.165, 1.54) is 6.07 Å². The fourth-order valence-corrected chi connectivity index (χ4v) is 1.77. The molecule has 0 fully saturated rings. The molecule has 0 aliphatic rings. The molecule has 1 amide bonds. The summed E-state index contributed by atoms with van der Waals surface area (Å²) >= 11 is 0. The maximum Gasteiger partial charge on any atom is 0.292 e. The molecule has 0 saturated carbocycles. The van der Waals surface area contributed by atoms with Crippen molar-refractivity contribution in [2.75, 3.05) is 26.0 Å². The van der Waals surface area contributed by atoms with Crippen molar-refractivity contribution in [3.63, 3.8) is 0 Å². The second-order valence-corrected chi connectivity index (χ2v) is 3.96. The van der Waals surface area contributed by atoms with Gasteiger partial charge in [-0.15, -0.1) is 0 Å². The number of carbonyl (C=O) groups is 1. The highest BCUT2D eigenvalue weighted by molar-refractivity contribution is 5.76. The second kappa shape index (κ2) is 5.97. The first kappa shape index (κ1) is 13.9. The van der Waals surface area contributed by atoms with E-state index in [2.05, 4.69) is 5.32 Å². The van der Waals surface area contributed by atoms with E-state index in [9.17, 15) is 14.9 Å². The Morgan fingerprint density at radius 2 is 2.22 bits per heavy atom. The van der Waals surface area contributed by atoms with Crippen molar-refractivity contribution in [2.24, 2.45) is 5.73 Å². The Morgan fingerprint density at radius 3 is 2.72 bits per heavy atom. The maximum absolute atomic E-state index is 10.9. The van der Waals surface area contributed by atoms with Crippen molar-refractivity contribution < 1.29 is 9.72 Å². The van der Waals surface area contributed by atoms with Crippen LogP contribution in [-0.2, 0) is 11.3 Å². The van der Waals surface area contributed by atoms with Crippen molar-refractivity contribution >= 4 is 17.3 Å². The monoisotopic (exact) mass is 252 g/mol. The summed E-state index contributed by atoms with van der Waals surface area (Å²) in [5.41, 5.74) is 6.31. The third-order valence-electron chi connectivity index (χ3n) is 2.44. The Morgan fingerprint density at radius 1 is 1.56 bits per heavy atom. The van der Waals surface area contributed by atoms with Gasteiger partial charge >= 0.3 is 0 Å². The normalized spacial score (nSPS) is 10.4. The molecule has 0 heterocycles. The summed E-state index contributed by atoms with van der Waals surface area (Å²) in [6, 6.07) is 4.83. The summed E-state index contributed by atoms with van der Waals surface area (Å²) in [5, 5.41) is 13.7. The fourth-order valence-electron chi connectivity index (χ4n) is 1.77. The molecule has 0 unspecified atom stereocenters. The van der Waals surface area contributed by atoms with E-state index in [-0.39, 0.29) is 12.2 Å². The maximum atomic E-state index is 10.9. The molecule has 0 spiro atoms. The highest BCUT2D eigenvalue weighted by Gasteiger charge is 2.17. The van der Waals surface area contributed by atoms with E-state index in [1.807, 2.05) is 0 Å². The molecular weight excluding hydrogens is 236 g/mol. The Balaban J connectivity index is 2.98. The fraction of sp³-hybridized carbons (Fsp3) is 0.364. The predicted octanol–water partition coefficient (Wildman–Crippen LogP) is 0.554. The Bertz CT molecular complexity index is 462. The standard InChI is InChI=1S/C11H16N4O3/c1-13-11-8(6-14(2)7-10(12)16)4-3-5-9(11)15(17)18/h3-5,13H,6-7H2,1-2H3,(H2,12,16). The number of nitrogens with zero attached hydrogens (tertiary/aromatic N) is 2. The van der Waals surface area contributed by atoms with E-state index < -0.39 is 10.8 Å². The van der Waals surface area contributed by atoms with Crippen molar-refractivity contribution in [1.82, 2.24) is 4.90 Å². The first-order chi connectivity index (χ1) is 8.45. The molecule has 1 aromatic rings. The van der Waals surface area contributed by atoms with Crippen LogP contribution >= 0.6 is 0 Å². The number of nitro benzene ring substituents is 1. The zero-order chi connectivity index (χ0) is 13.7. The number of nitrogens with two attached hydrogens (primary N) is 1. The average Bonchev–Trinajstić information content (AvgIpc) is 2.27. The van der Waals surface area contributed by atoms with Crippen LogP contribution in [0.25, 0.3) is 0 Å². The van der Waals surface area contributed by atoms with Gasteiger partial charge in [0, 0.05) is 19.7 Å². The SMILES string of the molecule is CNc1c(CN(C)CC(N)=O)cccc1[N+](=O)[O-]. The molecule has 0 aliphatic heterocycles. The van der Waals surface area contributed by atoms with Gasteiger partial charge in [0.05, 0.1) is 11.5 Å². The van der Waals surface area contributed by atoms with Gasteiger partial charge in [-0.05, 0) is 12.6 Å². The molecule has 0 radical (unpaired) electrons. The van der Waals surface area contributed by atoms with Gasteiger partial charge in [-0.2, -0.15) is 0 Å². The molecular formula is C11H16N4O3. The minimum Gasteiger partial charge on any atom is -0.382 e. The first-order valence-corrected chi connectivity index (χ1v) is 5.36. The third kappa shape index (κ3) is 3.42. The molecule has 7 heteroatoms. The molecule has 98 valence electrons. The number of nitrogens with one attached hydrogen (secondary N) is 1. The molecule has 0 atom stereocenters. The number of likely N-dealkylation sites (N-methyl/N-ethyl adjacent to an activating group) is 1. The van der Waals surface area contributed by atoms with Crippen molar-refractivity contribution in [3.8, 4) is 0 Å². The highest BCUT2D eigenvalue weighted by Crippen LogP contribution is 2.28. The van der Waals surface area contributed by atoms with Crippen molar-refractivity contribution in [1.29, 1.82) is 0 Å². The molecule has 0 aromatic heterocycles. The van der Waals surface area contributed by atoms with Crippen LogP contribution in [0.3, 0.4) is 0 Å². The molecule has 0 saturated heterocycles. The molecule has 7 nitrogen and oxygen atoms in total. The summed E-state index contributed by atoms with van der Waals surface area (Å²) in [5.74, 6) is -0.436. The minimum absolute atomic E-state index is 0.0162. The second-order valence-electron chi connectivity index (χ2n) is 3.96. The van der Waals surface area contributed by atoms with E-state index in [1.54, 1.807) is 31.1 Å². The number of hydrogen-bond acceptors (Lipinski definition) is 5. The number of anilines is 1. The average molecular weight is 252 g/mol. The molecule has 0 aliphatic carbocycles. The summed E-state index contributed by atoms with van der Waals surface area (Å²) in [6.45, 7) is 0.507. The highest BCUT2D eigenvalue weighted by atomic mass is 16.6. The van der Waals surface area contributed by atoms with Gasteiger partial charge in [0.15, 0.2) is 0 Å². The van der Waals surface area contributed by atoms with Gasteiger partial charge < -0.3 is 11.1 Å². The van der Waals surface area contributed by atoms with Gasteiger partial charge in [0.25, 0.3) is 5.69 Å². The molecule has 1 rings (SSSR count). The molecule has 18 heavy (non-hydrogen) atoms. The third-order valence-corrected chi connectivity index (χ3v) is 2.44. The summed E-state index contributed by atoms with van der Waals surface area (Å²) < 4.78 is 0. The lowest BCUT2D eigenvalue weighted by Gasteiger charge is -2.17. The van der Waals surface area contributed by atoms with E-state index in [0.29, 0.717) is 12.2 Å². The van der Waals surface area contributed by atoms with Crippen LogP contribution in [0, 0.1) is 10.1 Å². The minimum atomic E-state index is -0.441. The number of rotatable bonds is 6. The number of para-hydroxylation sites is 1. The van der Waals surface area contributed by atoms with Crippen molar-refractivity contribution in [2.45, 2.75) is 6.54 Å². The zero-order valence-corrected chi connectivity index (χ0v) is 10.3. The molecule has 3 N–H and O–H groups in total. The Kier molecular flexibility index (Phi) is 4.61. The lowest BCUT2D eigenvalue weighted by Crippen LogP contribution is -2.30. The number of amides is 1. The van der Waals surface area contributed by atoms with Crippen LogP contribution in [0.4, 0.5) is 11.4 Å². The first-order valence-electron chi connectivity index (χ1n) is 5.36. The number of nitro groups is 1. The van der Waals surface area contributed by atoms with Crippen LogP contribution < -0.4 is 11.1 Å². The summed E-state index contributed by atoms with van der Waals surface area (Å²) in [7, 11) is 3.35. The molecule has 0 bridgehead atoms. The van der Waals surface area contributed by atoms with Gasteiger partial charge in [0.1, 0.15) is 5.69 Å². The topological polar surface area (TPSA) is 102 Å². The van der Waals surface area contributed by atoms with Crippen LogP contribution in [0.2, 0.25) is 0 Å². The number of carbonyl (C=O) groups excluding carboxylic acids is 1. The van der Waals surface area contributed by atoms with Crippen LogP contribution in [-0.4, -0.2) is 36.4 Å². The van der Waals surface area contributed by atoms with Crippen LogP contribution in [0.15, 0.2) is 18.2 Å². The van der Waals surface area contributed by atoms with Crippen molar-refractivity contribution in [3.05, 3.63) is 33.9 Å². The van der Waals surface area contributed by atoms with E-state index in [4.69, 9.17) is 5.73 Å². The van der Waals surface area contributed by atoms with Gasteiger partial charge in [-0.1, -0.05) is 12.1 Å². The Labute approximate surface area is 105 Å².